The standard InChI is InChI=1S/C9H8ClNOS/c10-9-2-1-8(12-9)5-11-7-3-4-13-6-7/h1-4,6,11H,5H2. The van der Waals surface area contributed by atoms with Crippen molar-refractivity contribution in [3.8, 4) is 0 Å². The number of nitrogens with one attached hydrogen (secondary N) is 1. The molecule has 2 rings (SSSR count). The van der Waals surface area contributed by atoms with Gasteiger partial charge in [0.25, 0.3) is 0 Å². The van der Waals surface area contributed by atoms with Crippen LogP contribution in [0.3, 0.4) is 0 Å². The molecule has 0 amide bonds. The Morgan fingerprint density at radius 2 is 2.31 bits per heavy atom. The van der Waals surface area contributed by atoms with E-state index in [4.69, 9.17) is 16.0 Å². The van der Waals surface area contributed by atoms with Crippen LogP contribution in [0.25, 0.3) is 0 Å². The van der Waals surface area contributed by atoms with Crippen LogP contribution in [0.4, 0.5) is 5.69 Å². The lowest BCUT2D eigenvalue weighted by Crippen LogP contribution is -1.95. The maximum Gasteiger partial charge on any atom is 0.193 e. The molecular formula is C9H8ClNOS. The summed E-state index contributed by atoms with van der Waals surface area (Å²) in [4.78, 5) is 0. The van der Waals surface area contributed by atoms with Crippen LogP contribution < -0.4 is 5.32 Å². The first-order chi connectivity index (χ1) is 6.34. The molecule has 0 saturated heterocycles. The molecule has 0 aliphatic rings. The van der Waals surface area contributed by atoms with Gasteiger partial charge in [0.05, 0.1) is 6.54 Å². The lowest BCUT2D eigenvalue weighted by atomic mass is 10.4. The molecule has 2 aromatic heterocycles. The van der Waals surface area contributed by atoms with E-state index in [2.05, 4.69) is 5.32 Å². The Labute approximate surface area is 85.1 Å². The summed E-state index contributed by atoms with van der Waals surface area (Å²) in [5.41, 5.74) is 1.11. The van der Waals surface area contributed by atoms with Crippen LogP contribution >= 0.6 is 22.9 Å². The fourth-order valence-corrected chi connectivity index (χ4v) is 1.78. The fraction of sp³-hybridized carbons (Fsp3) is 0.111. The second-order valence-electron chi connectivity index (χ2n) is 2.57. The molecule has 0 spiro atoms. The van der Waals surface area contributed by atoms with Gasteiger partial charge in [-0.3, -0.25) is 0 Å². The van der Waals surface area contributed by atoms with Gasteiger partial charge in [-0.2, -0.15) is 11.3 Å². The largest absolute Gasteiger partial charge is 0.448 e. The maximum atomic E-state index is 5.63. The number of hydrogen-bond acceptors (Lipinski definition) is 3. The molecular weight excluding hydrogens is 206 g/mol. The van der Waals surface area contributed by atoms with Crippen molar-refractivity contribution in [1.29, 1.82) is 0 Å². The SMILES string of the molecule is Clc1ccc(CNc2ccsc2)o1. The van der Waals surface area contributed by atoms with E-state index < -0.39 is 0 Å². The Morgan fingerprint density at radius 3 is 2.92 bits per heavy atom. The molecule has 0 unspecified atom stereocenters. The number of halogens is 1. The summed E-state index contributed by atoms with van der Waals surface area (Å²) in [5, 5.41) is 7.72. The highest BCUT2D eigenvalue weighted by Crippen LogP contribution is 2.16. The molecule has 0 atom stereocenters. The van der Waals surface area contributed by atoms with E-state index >= 15 is 0 Å². The minimum absolute atomic E-state index is 0.433. The molecule has 0 bridgehead atoms. The van der Waals surface area contributed by atoms with Gasteiger partial charge in [0, 0.05) is 11.1 Å². The molecule has 68 valence electrons. The van der Waals surface area contributed by atoms with Gasteiger partial charge in [0.15, 0.2) is 5.22 Å². The Kier molecular flexibility index (Phi) is 2.57. The molecule has 0 aliphatic heterocycles. The van der Waals surface area contributed by atoms with E-state index in [-0.39, 0.29) is 0 Å². The normalized spacial score (nSPS) is 10.2. The Morgan fingerprint density at radius 1 is 1.38 bits per heavy atom. The van der Waals surface area contributed by atoms with Gasteiger partial charge in [-0.25, -0.2) is 0 Å². The van der Waals surface area contributed by atoms with Gasteiger partial charge in [-0.15, -0.1) is 0 Å². The zero-order valence-electron chi connectivity index (χ0n) is 6.79. The highest BCUT2D eigenvalue weighted by atomic mass is 35.5. The lowest BCUT2D eigenvalue weighted by Gasteiger charge is -1.99. The summed E-state index contributed by atoms with van der Waals surface area (Å²) in [6, 6.07) is 5.63. The first kappa shape index (κ1) is 8.66. The second kappa shape index (κ2) is 3.85. The lowest BCUT2D eigenvalue weighted by molar-refractivity contribution is 0.520. The quantitative estimate of drug-likeness (QED) is 0.843. The van der Waals surface area contributed by atoms with Gasteiger partial charge >= 0.3 is 0 Å². The van der Waals surface area contributed by atoms with E-state index in [1.165, 1.54) is 0 Å². The van der Waals surface area contributed by atoms with Gasteiger partial charge in [0.1, 0.15) is 5.76 Å². The van der Waals surface area contributed by atoms with Crippen molar-refractivity contribution in [1.82, 2.24) is 0 Å². The monoisotopic (exact) mass is 213 g/mol. The van der Waals surface area contributed by atoms with E-state index in [0.29, 0.717) is 11.8 Å². The van der Waals surface area contributed by atoms with Crippen LogP contribution in [0, 0.1) is 0 Å². The number of anilines is 1. The van der Waals surface area contributed by atoms with Crippen molar-refractivity contribution < 1.29 is 4.42 Å². The molecule has 2 nitrogen and oxygen atoms in total. The highest BCUT2D eigenvalue weighted by molar-refractivity contribution is 7.08. The van der Waals surface area contributed by atoms with Crippen molar-refractivity contribution in [2.45, 2.75) is 6.54 Å². The van der Waals surface area contributed by atoms with Crippen LogP contribution in [-0.2, 0) is 6.54 Å². The van der Waals surface area contributed by atoms with Crippen LogP contribution in [0.15, 0.2) is 33.4 Å². The predicted molar refractivity (Wildman–Crippen MR) is 55.4 cm³/mol. The third kappa shape index (κ3) is 2.26. The molecule has 0 aromatic carbocycles. The molecule has 2 aromatic rings. The van der Waals surface area contributed by atoms with E-state index in [1.54, 1.807) is 17.4 Å². The Hall–Kier alpha value is -0.930. The molecule has 2 heterocycles. The Balaban J connectivity index is 1.93. The molecule has 1 N–H and O–H groups in total. The number of rotatable bonds is 3. The topological polar surface area (TPSA) is 25.2 Å². The minimum atomic E-state index is 0.433. The van der Waals surface area contributed by atoms with Crippen molar-refractivity contribution >= 4 is 28.6 Å². The van der Waals surface area contributed by atoms with Gasteiger partial charge < -0.3 is 9.73 Å². The predicted octanol–water partition coefficient (Wildman–Crippen LogP) is 3.61. The summed E-state index contributed by atoms with van der Waals surface area (Å²) in [7, 11) is 0. The van der Waals surface area contributed by atoms with E-state index in [1.807, 2.05) is 22.9 Å². The fourth-order valence-electron chi connectivity index (χ4n) is 1.00. The minimum Gasteiger partial charge on any atom is -0.448 e. The summed E-state index contributed by atoms with van der Waals surface area (Å²) in [5.74, 6) is 0.844. The zero-order valence-corrected chi connectivity index (χ0v) is 8.36. The smallest absolute Gasteiger partial charge is 0.193 e. The summed E-state index contributed by atoms with van der Waals surface area (Å²) in [6.45, 7) is 0.670. The Bertz CT molecular complexity index is 369. The molecule has 0 fully saturated rings. The average Bonchev–Trinajstić information content (AvgIpc) is 2.71. The third-order valence-corrected chi connectivity index (χ3v) is 2.50. The van der Waals surface area contributed by atoms with Gasteiger partial charge in [-0.1, -0.05) is 0 Å². The van der Waals surface area contributed by atoms with Gasteiger partial charge in [-0.05, 0) is 35.2 Å². The highest BCUT2D eigenvalue weighted by Gasteiger charge is 1.98. The van der Waals surface area contributed by atoms with E-state index in [9.17, 15) is 0 Å². The van der Waals surface area contributed by atoms with Crippen LogP contribution in [0.1, 0.15) is 5.76 Å². The van der Waals surface area contributed by atoms with Crippen molar-refractivity contribution in [3.63, 3.8) is 0 Å². The molecule has 0 radical (unpaired) electrons. The van der Waals surface area contributed by atoms with Crippen LogP contribution in [0.5, 0.6) is 0 Å². The molecule has 0 saturated carbocycles. The van der Waals surface area contributed by atoms with Crippen LogP contribution in [0.2, 0.25) is 5.22 Å². The van der Waals surface area contributed by atoms with Crippen molar-refractivity contribution in [2.75, 3.05) is 5.32 Å². The van der Waals surface area contributed by atoms with E-state index in [0.717, 1.165) is 11.4 Å². The third-order valence-electron chi connectivity index (χ3n) is 1.62. The first-order valence-corrected chi connectivity index (χ1v) is 5.17. The molecule has 0 aliphatic carbocycles. The summed E-state index contributed by atoms with van der Waals surface area (Å²) in [6.07, 6.45) is 0. The average molecular weight is 214 g/mol. The van der Waals surface area contributed by atoms with Crippen molar-refractivity contribution in [3.05, 3.63) is 39.9 Å². The maximum absolute atomic E-state index is 5.63. The second-order valence-corrected chi connectivity index (χ2v) is 3.72. The van der Waals surface area contributed by atoms with Gasteiger partial charge in [0.2, 0.25) is 0 Å². The van der Waals surface area contributed by atoms with Crippen LogP contribution in [-0.4, -0.2) is 0 Å². The molecule has 13 heavy (non-hydrogen) atoms. The summed E-state index contributed by atoms with van der Waals surface area (Å²) < 4.78 is 5.19. The van der Waals surface area contributed by atoms with Crippen molar-refractivity contribution in [2.24, 2.45) is 0 Å². The number of furan rings is 1. The number of hydrogen-bond donors (Lipinski definition) is 1. The number of thiophene rings is 1. The first-order valence-electron chi connectivity index (χ1n) is 3.85. The summed E-state index contributed by atoms with van der Waals surface area (Å²) >= 11 is 7.29. The zero-order chi connectivity index (χ0) is 9.10. The molecule has 4 heteroatoms.